The molecular weight excluding hydrogens is 424 g/mol. The summed E-state index contributed by atoms with van der Waals surface area (Å²) in [5.41, 5.74) is 5.22. The van der Waals surface area contributed by atoms with Gasteiger partial charge in [0.25, 0.3) is 0 Å². The van der Waals surface area contributed by atoms with Crippen molar-refractivity contribution in [2.45, 2.75) is 4.90 Å². The second kappa shape index (κ2) is 7.56. The fourth-order valence-electron chi connectivity index (χ4n) is 3.42. The first-order valence-electron chi connectivity index (χ1n) is 9.18. The normalized spacial score (nSPS) is 15.7. The highest BCUT2D eigenvalue weighted by Gasteiger charge is 2.26. The molecule has 0 atom stereocenters. The summed E-state index contributed by atoms with van der Waals surface area (Å²) in [4.78, 5) is 9.07. The molecule has 3 heterocycles. The predicted octanol–water partition coefficient (Wildman–Crippen LogP) is 4.33. The number of nitrogens with zero attached hydrogens (tertiary/aromatic N) is 3. The number of aromatic nitrogens is 2. The third-order valence-corrected chi connectivity index (χ3v) is 8.58. The summed E-state index contributed by atoms with van der Waals surface area (Å²) in [5.74, 6) is 1.67. The zero-order valence-corrected chi connectivity index (χ0v) is 17.9. The van der Waals surface area contributed by atoms with E-state index in [1.54, 1.807) is 51.8 Å². The lowest BCUT2D eigenvalue weighted by Gasteiger charge is -2.25. The van der Waals surface area contributed by atoms with Gasteiger partial charge in [-0.1, -0.05) is 0 Å². The number of sulfonamides is 1. The molecule has 1 aliphatic heterocycles. The van der Waals surface area contributed by atoms with Gasteiger partial charge in [0, 0.05) is 47.6 Å². The van der Waals surface area contributed by atoms with Crippen molar-refractivity contribution in [3.63, 3.8) is 0 Å². The van der Waals surface area contributed by atoms with Crippen LogP contribution in [0.1, 0.15) is 0 Å². The first kappa shape index (κ1) is 18.8. The van der Waals surface area contributed by atoms with Crippen molar-refractivity contribution in [1.29, 1.82) is 0 Å². The van der Waals surface area contributed by atoms with Gasteiger partial charge >= 0.3 is 0 Å². The number of rotatable bonds is 4. The van der Waals surface area contributed by atoms with Gasteiger partial charge < -0.3 is 5.32 Å². The third kappa shape index (κ3) is 3.59. The van der Waals surface area contributed by atoms with E-state index in [0.29, 0.717) is 18.0 Å². The van der Waals surface area contributed by atoms with Crippen LogP contribution in [0.3, 0.4) is 0 Å². The first-order valence-corrected chi connectivity index (χ1v) is 12.7. The van der Waals surface area contributed by atoms with Crippen LogP contribution in [-0.2, 0) is 10.0 Å². The molecule has 0 bridgehead atoms. The maximum Gasteiger partial charge on any atom is 0.243 e. The van der Waals surface area contributed by atoms with Crippen LogP contribution < -0.4 is 5.32 Å². The van der Waals surface area contributed by atoms with Crippen molar-refractivity contribution < 1.29 is 8.42 Å². The highest BCUT2D eigenvalue weighted by Crippen LogP contribution is 2.30. The molecule has 148 valence electrons. The molecule has 0 radical (unpaired) electrons. The van der Waals surface area contributed by atoms with Crippen LogP contribution in [0.4, 0.5) is 11.4 Å². The summed E-state index contributed by atoms with van der Waals surface area (Å²) < 4.78 is 28.9. The zero-order valence-electron chi connectivity index (χ0n) is 15.4. The van der Waals surface area contributed by atoms with Gasteiger partial charge in [-0.3, -0.25) is 4.98 Å². The van der Waals surface area contributed by atoms with Crippen LogP contribution in [0, 0.1) is 0 Å². The second-order valence-corrected chi connectivity index (χ2v) is 10.8. The maximum atomic E-state index is 13.1. The fourth-order valence-corrected chi connectivity index (χ4v) is 6.68. The van der Waals surface area contributed by atoms with E-state index < -0.39 is 10.0 Å². The summed E-state index contributed by atoms with van der Waals surface area (Å²) in [6.07, 6.45) is 1.72. The highest BCUT2D eigenvalue weighted by atomic mass is 32.2. The van der Waals surface area contributed by atoms with Crippen LogP contribution in [-0.4, -0.2) is 47.3 Å². The van der Waals surface area contributed by atoms with Crippen molar-refractivity contribution in [2.24, 2.45) is 0 Å². The van der Waals surface area contributed by atoms with Crippen LogP contribution in [0.25, 0.3) is 21.1 Å². The average Bonchev–Trinajstić information content (AvgIpc) is 3.22. The van der Waals surface area contributed by atoms with E-state index in [2.05, 4.69) is 15.3 Å². The molecule has 1 N–H and O–H groups in total. The van der Waals surface area contributed by atoms with E-state index >= 15 is 0 Å². The molecule has 0 saturated carbocycles. The largest absolute Gasteiger partial charge is 0.355 e. The molecule has 1 aliphatic rings. The minimum Gasteiger partial charge on any atom is -0.355 e. The number of benzene rings is 2. The summed E-state index contributed by atoms with van der Waals surface area (Å²) in [6.45, 7) is 1.10. The van der Waals surface area contributed by atoms with E-state index in [1.807, 2.05) is 29.8 Å². The molecule has 0 spiro atoms. The molecule has 1 fully saturated rings. The number of hydrogen-bond acceptors (Lipinski definition) is 7. The van der Waals surface area contributed by atoms with Crippen LogP contribution in [0.5, 0.6) is 0 Å². The molecule has 0 amide bonds. The highest BCUT2D eigenvalue weighted by molar-refractivity contribution is 7.99. The van der Waals surface area contributed by atoms with Crippen LogP contribution in [0.15, 0.2) is 59.1 Å². The topological polar surface area (TPSA) is 75.2 Å². The maximum absolute atomic E-state index is 13.1. The second-order valence-electron chi connectivity index (χ2n) is 6.71. The average molecular weight is 443 g/mol. The molecule has 2 aromatic heterocycles. The Kier molecular flexibility index (Phi) is 4.91. The van der Waals surface area contributed by atoms with Gasteiger partial charge in [0.1, 0.15) is 0 Å². The Morgan fingerprint density at radius 3 is 2.69 bits per heavy atom. The van der Waals surface area contributed by atoms with Gasteiger partial charge in [-0.25, -0.2) is 13.4 Å². The number of thioether (sulfide) groups is 1. The molecule has 4 aromatic rings. The number of thiazole rings is 1. The van der Waals surface area contributed by atoms with E-state index in [4.69, 9.17) is 0 Å². The Labute approximate surface area is 177 Å². The zero-order chi connectivity index (χ0) is 19.8. The van der Waals surface area contributed by atoms with E-state index in [9.17, 15) is 8.42 Å². The molecule has 29 heavy (non-hydrogen) atoms. The number of anilines is 2. The van der Waals surface area contributed by atoms with Gasteiger partial charge in [-0.05, 0) is 42.5 Å². The van der Waals surface area contributed by atoms with Gasteiger partial charge in [-0.2, -0.15) is 16.1 Å². The summed E-state index contributed by atoms with van der Waals surface area (Å²) >= 11 is 3.39. The Hall–Kier alpha value is -2.20. The van der Waals surface area contributed by atoms with Gasteiger partial charge in [-0.15, -0.1) is 11.3 Å². The lowest BCUT2D eigenvalue weighted by atomic mass is 10.2. The Bertz CT molecular complexity index is 1300. The molecule has 5 rings (SSSR count). The molecule has 0 unspecified atom stereocenters. The molecule has 6 nitrogen and oxygen atoms in total. The van der Waals surface area contributed by atoms with Crippen LogP contribution >= 0.6 is 23.1 Å². The first-order chi connectivity index (χ1) is 14.1. The minimum absolute atomic E-state index is 0.308. The van der Waals surface area contributed by atoms with Crippen molar-refractivity contribution in [2.75, 3.05) is 29.9 Å². The Balaban J connectivity index is 1.54. The van der Waals surface area contributed by atoms with Crippen LogP contribution in [0.2, 0.25) is 0 Å². The van der Waals surface area contributed by atoms with Gasteiger partial charge in [0.05, 0.1) is 26.1 Å². The lowest BCUT2D eigenvalue weighted by Crippen LogP contribution is -2.37. The molecule has 2 aromatic carbocycles. The molecule has 1 saturated heterocycles. The molecular formula is C20H18N4O2S3. The smallest absolute Gasteiger partial charge is 0.243 e. The lowest BCUT2D eigenvalue weighted by molar-refractivity contribution is 0.443. The van der Waals surface area contributed by atoms with Crippen molar-refractivity contribution >= 4 is 65.6 Å². The van der Waals surface area contributed by atoms with Gasteiger partial charge in [0.15, 0.2) is 0 Å². The van der Waals surface area contributed by atoms with Crippen molar-refractivity contribution in [3.8, 4) is 0 Å². The van der Waals surface area contributed by atoms with E-state index in [-0.39, 0.29) is 0 Å². The summed E-state index contributed by atoms with van der Waals surface area (Å²) in [6, 6.07) is 13.0. The quantitative estimate of drug-likeness (QED) is 0.507. The monoisotopic (exact) mass is 442 g/mol. The third-order valence-electron chi connectivity index (χ3n) is 4.93. The predicted molar refractivity (Wildman–Crippen MR) is 121 cm³/mol. The minimum atomic E-state index is -3.51. The van der Waals surface area contributed by atoms with Crippen molar-refractivity contribution in [1.82, 2.24) is 14.3 Å². The van der Waals surface area contributed by atoms with Crippen molar-refractivity contribution in [3.05, 3.63) is 54.2 Å². The number of pyridine rings is 1. The van der Waals surface area contributed by atoms with Gasteiger partial charge in [0.2, 0.25) is 10.0 Å². The molecule has 0 aliphatic carbocycles. The number of nitrogens with one attached hydrogen (secondary N) is 1. The Morgan fingerprint density at radius 1 is 0.966 bits per heavy atom. The fraction of sp³-hybridized carbons (Fsp3) is 0.200. The Morgan fingerprint density at radius 2 is 1.83 bits per heavy atom. The molecule has 9 heteroatoms. The summed E-state index contributed by atoms with van der Waals surface area (Å²) in [7, 11) is -3.51. The standard InChI is InChI=1S/C20H18N4O2S3/c25-29(26,24-7-9-27-10-8-24)15-2-3-17-16(12-15)18(5-6-21-17)23-14-1-4-20-19(11-14)22-13-28-20/h1-6,11-13H,7-10H2,(H,21,23). The van der Waals surface area contributed by atoms with E-state index in [1.165, 1.54) is 0 Å². The summed E-state index contributed by atoms with van der Waals surface area (Å²) in [5, 5.41) is 4.18. The number of fused-ring (bicyclic) bond motifs is 2. The number of hydrogen-bond donors (Lipinski definition) is 1. The van der Waals surface area contributed by atoms with E-state index in [0.717, 1.165) is 44.0 Å². The SMILES string of the molecule is O=S(=O)(c1ccc2nccc(Nc3ccc4scnc4c3)c2c1)N1CCSCC1.